The topological polar surface area (TPSA) is 99.9 Å². The molecule has 8 heteroatoms. The quantitative estimate of drug-likeness (QED) is 0.549. The van der Waals surface area contributed by atoms with Gasteiger partial charge in [-0.25, -0.2) is 4.79 Å². The average molecular weight is 280 g/mol. The number of H-pyrrole nitrogens is 1. The number of hydrogen-bond acceptors (Lipinski definition) is 6. The maximum Gasteiger partial charge on any atom is 0.331 e. The maximum atomic E-state index is 11.7. The first-order chi connectivity index (χ1) is 9.63. The maximum absolute atomic E-state index is 11.7. The SMILES string of the molecule is C=CCn1c(O)c(/C=N/N2CCOCC2)c(=O)[nH]c1=O. The van der Waals surface area contributed by atoms with Gasteiger partial charge in [0.05, 0.1) is 32.5 Å². The molecule has 0 bridgehead atoms. The van der Waals surface area contributed by atoms with Gasteiger partial charge >= 0.3 is 5.69 Å². The number of aromatic hydroxyl groups is 1. The third-order valence-corrected chi connectivity index (χ3v) is 2.86. The zero-order valence-electron chi connectivity index (χ0n) is 10.9. The summed E-state index contributed by atoms with van der Waals surface area (Å²) < 4.78 is 6.19. The molecule has 0 radical (unpaired) electrons. The molecule has 2 heterocycles. The zero-order valence-corrected chi connectivity index (χ0v) is 10.9. The highest BCUT2D eigenvalue weighted by atomic mass is 16.5. The number of nitrogens with one attached hydrogen (secondary N) is 1. The van der Waals surface area contributed by atoms with Crippen LogP contribution in [0.3, 0.4) is 0 Å². The summed E-state index contributed by atoms with van der Waals surface area (Å²) in [5.41, 5.74) is -1.42. The highest BCUT2D eigenvalue weighted by Gasteiger charge is 2.13. The smallest absolute Gasteiger partial charge is 0.331 e. The van der Waals surface area contributed by atoms with Crippen molar-refractivity contribution in [3.05, 3.63) is 39.1 Å². The van der Waals surface area contributed by atoms with Crippen LogP contribution in [0.2, 0.25) is 0 Å². The van der Waals surface area contributed by atoms with E-state index in [0.717, 1.165) is 4.57 Å². The Morgan fingerprint density at radius 3 is 2.75 bits per heavy atom. The summed E-state index contributed by atoms with van der Waals surface area (Å²) in [4.78, 5) is 25.4. The first kappa shape index (κ1) is 14.1. The lowest BCUT2D eigenvalue weighted by atomic mass is 10.3. The van der Waals surface area contributed by atoms with Crippen LogP contribution in [-0.4, -0.2) is 52.2 Å². The van der Waals surface area contributed by atoms with Gasteiger partial charge in [-0.2, -0.15) is 5.10 Å². The molecule has 1 fully saturated rings. The normalized spacial score (nSPS) is 15.7. The molecule has 0 saturated carbocycles. The second kappa shape index (κ2) is 6.20. The number of aromatic nitrogens is 2. The number of ether oxygens (including phenoxy) is 1. The number of allylic oxidation sites excluding steroid dienone is 1. The molecule has 1 aromatic rings. The van der Waals surface area contributed by atoms with Gasteiger partial charge in [-0.05, 0) is 0 Å². The molecule has 8 nitrogen and oxygen atoms in total. The van der Waals surface area contributed by atoms with E-state index in [4.69, 9.17) is 4.74 Å². The molecule has 0 aromatic carbocycles. The lowest BCUT2D eigenvalue weighted by molar-refractivity contribution is 0.0396. The molecule has 0 spiro atoms. The monoisotopic (exact) mass is 280 g/mol. The van der Waals surface area contributed by atoms with Crippen molar-refractivity contribution in [2.24, 2.45) is 5.10 Å². The predicted octanol–water partition coefficient (Wildman–Crippen LogP) is -0.906. The first-order valence-corrected chi connectivity index (χ1v) is 6.17. The standard InChI is InChI=1S/C12H16N4O4/c1-2-3-16-11(18)9(10(17)14-12(16)19)8-13-15-4-6-20-7-5-15/h2,8,18H,1,3-7H2,(H,14,17,19)/b13-8+. The van der Waals surface area contributed by atoms with Crippen LogP contribution in [0.5, 0.6) is 5.88 Å². The summed E-state index contributed by atoms with van der Waals surface area (Å²) in [5.74, 6) is -0.421. The molecule has 2 N–H and O–H groups in total. The fourth-order valence-electron chi connectivity index (χ4n) is 1.80. The molecule has 1 aliphatic heterocycles. The van der Waals surface area contributed by atoms with Crippen molar-refractivity contribution in [1.29, 1.82) is 0 Å². The van der Waals surface area contributed by atoms with Crippen LogP contribution in [0, 0.1) is 0 Å². The van der Waals surface area contributed by atoms with Gasteiger partial charge < -0.3 is 9.84 Å². The highest BCUT2D eigenvalue weighted by Crippen LogP contribution is 2.08. The van der Waals surface area contributed by atoms with Gasteiger partial charge in [-0.15, -0.1) is 6.58 Å². The molecule has 0 unspecified atom stereocenters. The van der Waals surface area contributed by atoms with Crippen LogP contribution in [0.25, 0.3) is 0 Å². The molecular weight excluding hydrogens is 264 g/mol. The van der Waals surface area contributed by atoms with Gasteiger partial charge in [0.1, 0.15) is 5.56 Å². The molecule has 20 heavy (non-hydrogen) atoms. The number of hydrogen-bond donors (Lipinski definition) is 2. The number of hydrazone groups is 1. The Hall–Kier alpha value is -2.35. The lowest BCUT2D eigenvalue weighted by Crippen LogP contribution is -2.34. The van der Waals surface area contributed by atoms with Gasteiger partial charge in [0, 0.05) is 6.54 Å². The van der Waals surface area contributed by atoms with Crippen molar-refractivity contribution in [2.75, 3.05) is 26.3 Å². The summed E-state index contributed by atoms with van der Waals surface area (Å²) in [6, 6.07) is 0. The third kappa shape index (κ3) is 2.97. The van der Waals surface area contributed by atoms with E-state index >= 15 is 0 Å². The van der Waals surface area contributed by atoms with Gasteiger partial charge in [0.2, 0.25) is 5.88 Å². The van der Waals surface area contributed by atoms with Gasteiger partial charge in [-0.1, -0.05) is 6.08 Å². The Morgan fingerprint density at radius 2 is 2.10 bits per heavy atom. The molecule has 1 aliphatic rings. The number of nitrogens with zero attached hydrogens (tertiary/aromatic N) is 3. The van der Waals surface area contributed by atoms with Crippen LogP contribution < -0.4 is 11.2 Å². The molecule has 1 aromatic heterocycles. The summed E-state index contributed by atoms with van der Waals surface area (Å²) in [6.45, 7) is 5.94. The molecule has 0 amide bonds. The molecular formula is C12H16N4O4. The van der Waals surface area contributed by atoms with Gasteiger partial charge in [0.15, 0.2) is 0 Å². The molecule has 108 valence electrons. The van der Waals surface area contributed by atoms with Gasteiger partial charge in [0.25, 0.3) is 5.56 Å². The van der Waals surface area contributed by atoms with Crippen LogP contribution in [0.4, 0.5) is 0 Å². The van der Waals surface area contributed by atoms with Crippen molar-refractivity contribution < 1.29 is 9.84 Å². The second-order valence-electron chi connectivity index (χ2n) is 4.21. The fraction of sp³-hybridized carbons (Fsp3) is 0.417. The van der Waals surface area contributed by atoms with E-state index in [1.165, 1.54) is 12.3 Å². The van der Waals surface area contributed by atoms with Crippen molar-refractivity contribution in [1.82, 2.24) is 14.6 Å². The molecule has 0 atom stereocenters. The fourth-order valence-corrected chi connectivity index (χ4v) is 1.80. The van der Waals surface area contributed by atoms with Crippen LogP contribution in [-0.2, 0) is 11.3 Å². The van der Waals surface area contributed by atoms with E-state index in [2.05, 4.69) is 16.7 Å². The minimum atomic E-state index is -0.684. The largest absolute Gasteiger partial charge is 0.494 e. The van der Waals surface area contributed by atoms with Crippen molar-refractivity contribution in [3.8, 4) is 5.88 Å². The summed E-state index contributed by atoms with van der Waals surface area (Å²) in [5, 5.41) is 15.8. The molecule has 2 rings (SSSR count). The van der Waals surface area contributed by atoms with E-state index in [1.807, 2.05) is 0 Å². The Labute approximate surface area is 114 Å². The first-order valence-electron chi connectivity index (χ1n) is 6.17. The van der Waals surface area contributed by atoms with E-state index in [1.54, 1.807) is 5.01 Å². The third-order valence-electron chi connectivity index (χ3n) is 2.86. The minimum Gasteiger partial charge on any atom is -0.494 e. The molecule has 0 aliphatic carbocycles. The van der Waals surface area contributed by atoms with E-state index in [9.17, 15) is 14.7 Å². The van der Waals surface area contributed by atoms with Crippen molar-refractivity contribution in [2.45, 2.75) is 6.54 Å². The number of rotatable bonds is 4. The summed E-state index contributed by atoms with van der Waals surface area (Å²) in [7, 11) is 0. The van der Waals surface area contributed by atoms with Crippen LogP contribution >= 0.6 is 0 Å². The van der Waals surface area contributed by atoms with Gasteiger partial charge in [-0.3, -0.25) is 19.4 Å². The minimum absolute atomic E-state index is 0.0575. The van der Waals surface area contributed by atoms with E-state index in [-0.39, 0.29) is 12.1 Å². The number of morpholine rings is 1. The highest BCUT2D eigenvalue weighted by molar-refractivity contribution is 5.81. The van der Waals surface area contributed by atoms with Crippen molar-refractivity contribution >= 4 is 6.21 Å². The Balaban J connectivity index is 2.33. The second-order valence-corrected chi connectivity index (χ2v) is 4.21. The zero-order chi connectivity index (χ0) is 14.5. The summed E-state index contributed by atoms with van der Waals surface area (Å²) >= 11 is 0. The van der Waals surface area contributed by atoms with Crippen molar-refractivity contribution in [3.63, 3.8) is 0 Å². The number of aromatic amines is 1. The Kier molecular flexibility index (Phi) is 4.36. The van der Waals surface area contributed by atoms with Crippen LogP contribution in [0.15, 0.2) is 27.3 Å². The molecule has 1 saturated heterocycles. The van der Waals surface area contributed by atoms with E-state index < -0.39 is 17.1 Å². The Morgan fingerprint density at radius 1 is 1.40 bits per heavy atom. The summed E-state index contributed by atoms with van der Waals surface area (Å²) in [6.07, 6.45) is 2.70. The Bertz CT molecular complexity index is 625. The van der Waals surface area contributed by atoms with E-state index in [0.29, 0.717) is 26.3 Å². The average Bonchev–Trinajstić information content (AvgIpc) is 2.44. The predicted molar refractivity (Wildman–Crippen MR) is 73.2 cm³/mol. The van der Waals surface area contributed by atoms with Crippen LogP contribution in [0.1, 0.15) is 5.56 Å². The lowest BCUT2D eigenvalue weighted by Gasteiger charge is -2.23.